The van der Waals surface area contributed by atoms with Crippen LogP contribution in [0.1, 0.15) is 5.56 Å². The van der Waals surface area contributed by atoms with Gasteiger partial charge in [-0.2, -0.15) is 5.26 Å². The van der Waals surface area contributed by atoms with E-state index in [-0.39, 0.29) is 0 Å². The Bertz CT molecular complexity index is 3550. The Labute approximate surface area is 369 Å². The van der Waals surface area contributed by atoms with Gasteiger partial charge in [-0.05, 0) is 53.6 Å². The zero-order chi connectivity index (χ0) is 42.6. The van der Waals surface area contributed by atoms with Gasteiger partial charge in [0.05, 0.1) is 68.9 Å². The van der Waals surface area contributed by atoms with Crippen molar-refractivity contribution in [3.8, 4) is 73.3 Å². The molecule has 0 aliphatic heterocycles. The summed E-state index contributed by atoms with van der Waals surface area (Å²) in [5, 5.41) is 15.2. The minimum absolute atomic E-state index is 0.577. The summed E-state index contributed by atoms with van der Waals surface area (Å²) in [6.45, 7) is 0. The molecule has 0 bridgehead atoms. The Kier molecular flexibility index (Phi) is 8.77. The molecule has 0 atom stereocenters. The molecule has 0 saturated heterocycles. The molecule has 0 N–H and O–H groups in total. The monoisotopic (exact) mass is 816 g/mol. The van der Waals surface area contributed by atoms with Gasteiger partial charge >= 0.3 is 0 Å². The highest BCUT2D eigenvalue weighted by atomic mass is 15.0. The fraction of sp³-hybridized carbons (Fsp3) is 0. The molecule has 0 unspecified atom stereocenters. The minimum atomic E-state index is 0.577. The highest BCUT2D eigenvalue weighted by Crippen LogP contribution is 2.43. The van der Waals surface area contributed by atoms with Crippen LogP contribution in [-0.2, 0) is 0 Å². The average Bonchev–Trinajstić information content (AvgIpc) is 3.88. The number of para-hydroxylation sites is 2. The summed E-state index contributed by atoms with van der Waals surface area (Å²) in [6, 6.07) is 69.7. The molecule has 298 valence electrons. The number of fused-ring (bicyclic) bond motifs is 6. The lowest BCUT2D eigenvalue weighted by Gasteiger charge is -2.20. The molecule has 0 aliphatic rings. The standard InChI is InChI=1S/C58H36N6/c59-33-42-17-7-8-18-45(42)58-56(63-52-21-11-9-19-46(52)48-27-23-40(31-54(48)63)43-25-29-50(61-34-43)38-13-3-1-4-14-38)36-60-37-57(58)64-53-22-12-10-20-47(53)49-28-24-41(32-55(49)64)44-26-30-51(62-35-44)39-15-5-2-6-16-39/h1-32,34-37H. The smallest absolute Gasteiger partial charge is 0.0998 e. The zero-order valence-corrected chi connectivity index (χ0v) is 34.5. The lowest BCUT2D eigenvalue weighted by atomic mass is 9.97. The Morgan fingerprint density at radius 2 is 0.797 bits per heavy atom. The number of nitrogens with zero attached hydrogens (tertiary/aromatic N) is 6. The molecule has 0 fully saturated rings. The first-order chi connectivity index (χ1) is 31.7. The first kappa shape index (κ1) is 36.9. The Hall–Kier alpha value is -8.92. The van der Waals surface area contributed by atoms with E-state index in [9.17, 15) is 5.26 Å². The van der Waals surface area contributed by atoms with Crippen LogP contribution in [-0.4, -0.2) is 24.1 Å². The number of nitriles is 1. The second-order valence-corrected chi connectivity index (χ2v) is 16.0. The molecule has 6 heteroatoms. The molecular formula is C58H36N6. The van der Waals surface area contributed by atoms with E-state index < -0.39 is 0 Å². The summed E-state index contributed by atoms with van der Waals surface area (Å²) >= 11 is 0. The highest BCUT2D eigenvalue weighted by Gasteiger charge is 2.24. The van der Waals surface area contributed by atoms with Crippen LogP contribution in [0.2, 0.25) is 0 Å². The van der Waals surface area contributed by atoms with Crippen LogP contribution in [0.25, 0.3) is 111 Å². The van der Waals surface area contributed by atoms with Crippen molar-refractivity contribution < 1.29 is 0 Å². The van der Waals surface area contributed by atoms with E-state index in [1.165, 1.54) is 0 Å². The molecule has 12 rings (SSSR count). The van der Waals surface area contributed by atoms with Gasteiger partial charge in [0.2, 0.25) is 0 Å². The molecular weight excluding hydrogens is 781 g/mol. The maximum atomic E-state index is 10.7. The molecule has 64 heavy (non-hydrogen) atoms. The normalized spacial score (nSPS) is 11.4. The van der Waals surface area contributed by atoms with Crippen molar-refractivity contribution in [2.75, 3.05) is 0 Å². The van der Waals surface area contributed by atoms with Gasteiger partial charge in [-0.25, -0.2) is 0 Å². The lowest BCUT2D eigenvalue weighted by molar-refractivity contribution is 1.09. The third-order valence-corrected chi connectivity index (χ3v) is 12.4. The summed E-state index contributed by atoms with van der Waals surface area (Å²) in [6.07, 6.45) is 7.80. The van der Waals surface area contributed by atoms with Gasteiger partial charge in [0.1, 0.15) is 0 Å². The van der Waals surface area contributed by atoms with Gasteiger partial charge < -0.3 is 9.13 Å². The first-order valence-corrected chi connectivity index (χ1v) is 21.3. The van der Waals surface area contributed by atoms with Crippen LogP contribution < -0.4 is 0 Å². The molecule has 0 saturated carbocycles. The maximum absolute atomic E-state index is 10.7. The molecule has 6 nitrogen and oxygen atoms in total. The fourth-order valence-corrected chi connectivity index (χ4v) is 9.36. The van der Waals surface area contributed by atoms with Crippen molar-refractivity contribution in [2.24, 2.45) is 0 Å². The summed E-state index contributed by atoms with van der Waals surface area (Å²) in [5.41, 5.74) is 16.3. The minimum Gasteiger partial charge on any atom is -0.307 e. The van der Waals surface area contributed by atoms with Crippen molar-refractivity contribution >= 4 is 43.6 Å². The van der Waals surface area contributed by atoms with Crippen LogP contribution in [0.15, 0.2) is 219 Å². The van der Waals surface area contributed by atoms with E-state index in [1.807, 2.05) is 79.4 Å². The van der Waals surface area contributed by atoms with Crippen molar-refractivity contribution in [3.05, 3.63) is 224 Å². The Morgan fingerprint density at radius 3 is 1.28 bits per heavy atom. The SMILES string of the molecule is N#Cc1ccccc1-c1c(-n2c3ccccc3c3ccc(-c4ccc(-c5ccccc5)nc4)cc32)cncc1-n1c2ccccc2c2ccc(-c3ccc(-c4ccccc4)nc3)cc21. The molecule has 0 aliphatic carbocycles. The third kappa shape index (κ3) is 6.06. The summed E-state index contributed by atoms with van der Waals surface area (Å²) in [4.78, 5) is 14.8. The topological polar surface area (TPSA) is 72.3 Å². The van der Waals surface area contributed by atoms with Gasteiger partial charge in [-0.3, -0.25) is 15.0 Å². The molecule has 12 aromatic rings. The molecule has 0 amide bonds. The Morgan fingerprint density at radius 1 is 0.359 bits per heavy atom. The summed E-state index contributed by atoms with van der Waals surface area (Å²) < 4.78 is 4.64. The van der Waals surface area contributed by atoms with Crippen LogP contribution >= 0.6 is 0 Å². The number of benzene rings is 7. The second-order valence-electron chi connectivity index (χ2n) is 16.0. The van der Waals surface area contributed by atoms with Gasteiger partial charge in [0.15, 0.2) is 0 Å². The summed E-state index contributed by atoms with van der Waals surface area (Å²) in [5.74, 6) is 0. The van der Waals surface area contributed by atoms with Crippen molar-refractivity contribution in [1.29, 1.82) is 5.26 Å². The summed E-state index contributed by atoms with van der Waals surface area (Å²) in [7, 11) is 0. The van der Waals surface area contributed by atoms with Crippen LogP contribution in [0.5, 0.6) is 0 Å². The van der Waals surface area contributed by atoms with Crippen molar-refractivity contribution in [1.82, 2.24) is 24.1 Å². The van der Waals surface area contributed by atoms with E-state index in [0.29, 0.717) is 5.56 Å². The Balaban J connectivity index is 1.10. The molecule has 5 heterocycles. The second kappa shape index (κ2) is 15.2. The molecule has 5 aromatic heterocycles. The molecule has 7 aromatic carbocycles. The number of rotatable bonds is 7. The van der Waals surface area contributed by atoms with Gasteiger partial charge in [-0.15, -0.1) is 0 Å². The van der Waals surface area contributed by atoms with Crippen molar-refractivity contribution in [3.63, 3.8) is 0 Å². The number of pyridine rings is 3. The number of hydrogen-bond acceptors (Lipinski definition) is 4. The van der Waals surface area contributed by atoms with E-state index in [0.717, 1.165) is 111 Å². The average molecular weight is 817 g/mol. The van der Waals surface area contributed by atoms with E-state index >= 15 is 0 Å². The lowest BCUT2D eigenvalue weighted by Crippen LogP contribution is -2.05. The predicted octanol–water partition coefficient (Wildman–Crippen LogP) is 14.3. The van der Waals surface area contributed by atoms with Crippen LogP contribution in [0.4, 0.5) is 0 Å². The maximum Gasteiger partial charge on any atom is 0.0998 e. The van der Waals surface area contributed by atoms with Gasteiger partial charge in [0.25, 0.3) is 0 Å². The van der Waals surface area contributed by atoms with E-state index in [2.05, 4.69) is 155 Å². The van der Waals surface area contributed by atoms with Crippen molar-refractivity contribution in [2.45, 2.75) is 0 Å². The van der Waals surface area contributed by atoms with E-state index in [4.69, 9.17) is 15.0 Å². The zero-order valence-electron chi connectivity index (χ0n) is 34.5. The fourth-order valence-electron chi connectivity index (χ4n) is 9.36. The number of aromatic nitrogens is 5. The van der Waals surface area contributed by atoms with Gasteiger partial charge in [-0.1, -0.05) is 152 Å². The van der Waals surface area contributed by atoms with E-state index in [1.54, 1.807) is 0 Å². The predicted molar refractivity (Wildman–Crippen MR) is 260 cm³/mol. The molecule has 0 radical (unpaired) electrons. The van der Waals surface area contributed by atoms with Gasteiger partial charge in [0, 0.05) is 67.3 Å². The molecule has 0 spiro atoms. The highest BCUT2D eigenvalue weighted by molar-refractivity contribution is 6.13. The third-order valence-electron chi connectivity index (χ3n) is 12.4. The number of hydrogen-bond donors (Lipinski definition) is 0. The first-order valence-electron chi connectivity index (χ1n) is 21.3. The van der Waals surface area contributed by atoms with Crippen LogP contribution in [0.3, 0.4) is 0 Å². The quantitative estimate of drug-likeness (QED) is 0.161. The van der Waals surface area contributed by atoms with Crippen LogP contribution in [0, 0.1) is 11.3 Å². The largest absolute Gasteiger partial charge is 0.307 e.